The number of carbonyl (C=O) groups is 1. The van der Waals surface area contributed by atoms with Crippen molar-refractivity contribution in [2.75, 3.05) is 5.32 Å². The van der Waals surface area contributed by atoms with Crippen LogP contribution in [0.2, 0.25) is 0 Å². The van der Waals surface area contributed by atoms with Crippen molar-refractivity contribution in [1.82, 2.24) is 9.38 Å². The molecule has 0 saturated heterocycles. The number of nitrogens with one attached hydrogen (secondary N) is 1. The quantitative estimate of drug-likeness (QED) is 0.784. The lowest BCUT2D eigenvalue weighted by Gasteiger charge is -2.26. The lowest BCUT2D eigenvalue weighted by atomic mass is 9.86. The third-order valence-electron chi connectivity index (χ3n) is 4.88. The number of hydrogen-bond acceptors (Lipinski definition) is 3. The van der Waals surface area contributed by atoms with Crippen molar-refractivity contribution in [2.45, 2.75) is 32.6 Å². The van der Waals surface area contributed by atoms with Crippen molar-refractivity contribution in [2.24, 2.45) is 0 Å². The van der Waals surface area contributed by atoms with E-state index in [4.69, 9.17) is 0 Å². The first-order valence-electron chi connectivity index (χ1n) is 8.49. The zero-order valence-corrected chi connectivity index (χ0v) is 14.2. The Hall–Kier alpha value is -2.95. The number of benzene rings is 1. The Morgan fingerprint density at radius 2 is 1.96 bits per heavy atom. The van der Waals surface area contributed by atoms with Crippen LogP contribution >= 0.6 is 0 Å². The van der Waals surface area contributed by atoms with E-state index >= 15 is 0 Å². The maximum atomic E-state index is 12.8. The van der Waals surface area contributed by atoms with Crippen LogP contribution in [-0.4, -0.2) is 15.3 Å². The molecule has 1 aromatic carbocycles. The number of rotatable bonds is 2. The van der Waals surface area contributed by atoms with E-state index in [-0.39, 0.29) is 23.8 Å². The number of aryl methyl sites for hydroxylation is 2. The van der Waals surface area contributed by atoms with Gasteiger partial charge in [-0.3, -0.25) is 14.0 Å². The summed E-state index contributed by atoms with van der Waals surface area (Å²) in [5.41, 5.74) is 3.97. The van der Waals surface area contributed by atoms with Crippen LogP contribution < -0.4 is 10.9 Å². The number of nitrogens with zero attached hydrogens (tertiary/aromatic N) is 2. The highest BCUT2D eigenvalue weighted by molar-refractivity contribution is 5.94. The van der Waals surface area contributed by atoms with Gasteiger partial charge < -0.3 is 5.32 Å². The molecule has 3 heterocycles. The second-order valence-corrected chi connectivity index (χ2v) is 6.46. The van der Waals surface area contributed by atoms with E-state index in [9.17, 15) is 9.59 Å². The standard InChI is InChI=1S/C20H19N3O2/c1-3-13-6-8-14(9-7-13)15-11-16(24)21-19-17(15)20(25)22-18-12(2)5-4-10-23(18)19/h4-10,15H,3,11H2,1-2H3,(H,21,24)/t15-/m1/s1. The van der Waals surface area contributed by atoms with E-state index in [1.54, 1.807) is 4.40 Å². The van der Waals surface area contributed by atoms with E-state index in [0.29, 0.717) is 17.0 Å². The van der Waals surface area contributed by atoms with Crippen LogP contribution in [0.5, 0.6) is 0 Å². The van der Waals surface area contributed by atoms with Gasteiger partial charge in [0.05, 0.1) is 5.56 Å². The van der Waals surface area contributed by atoms with Crippen LogP contribution in [0.3, 0.4) is 0 Å². The zero-order valence-electron chi connectivity index (χ0n) is 14.2. The molecular formula is C20H19N3O2. The molecule has 1 atom stereocenters. The molecule has 0 radical (unpaired) electrons. The van der Waals surface area contributed by atoms with Crippen LogP contribution in [0, 0.1) is 6.92 Å². The Balaban J connectivity index is 1.96. The van der Waals surface area contributed by atoms with Crippen molar-refractivity contribution < 1.29 is 4.79 Å². The predicted octanol–water partition coefficient (Wildman–Crippen LogP) is 3.04. The first-order chi connectivity index (χ1) is 12.1. The average Bonchev–Trinajstić information content (AvgIpc) is 2.62. The van der Waals surface area contributed by atoms with Gasteiger partial charge in [-0.05, 0) is 36.1 Å². The van der Waals surface area contributed by atoms with E-state index in [1.165, 1.54) is 5.56 Å². The lowest BCUT2D eigenvalue weighted by molar-refractivity contribution is -0.116. The number of hydrogen-bond donors (Lipinski definition) is 1. The number of amides is 1. The molecule has 1 aliphatic heterocycles. The van der Waals surface area contributed by atoms with Crippen LogP contribution in [0.15, 0.2) is 47.4 Å². The van der Waals surface area contributed by atoms with Gasteiger partial charge in [0.25, 0.3) is 5.56 Å². The third kappa shape index (κ3) is 2.52. The first kappa shape index (κ1) is 15.6. The van der Waals surface area contributed by atoms with Gasteiger partial charge in [0.1, 0.15) is 11.5 Å². The molecule has 0 saturated carbocycles. The van der Waals surface area contributed by atoms with Crippen LogP contribution in [-0.2, 0) is 11.2 Å². The molecule has 0 bridgehead atoms. The van der Waals surface area contributed by atoms with Crippen LogP contribution in [0.1, 0.15) is 41.5 Å². The second kappa shape index (κ2) is 5.84. The number of pyridine rings is 1. The van der Waals surface area contributed by atoms with Crippen molar-refractivity contribution in [3.63, 3.8) is 0 Å². The summed E-state index contributed by atoms with van der Waals surface area (Å²) in [4.78, 5) is 29.4. The summed E-state index contributed by atoms with van der Waals surface area (Å²) >= 11 is 0. The van der Waals surface area contributed by atoms with E-state index < -0.39 is 0 Å². The molecule has 1 aliphatic rings. The number of aromatic nitrogens is 2. The fourth-order valence-corrected chi connectivity index (χ4v) is 3.50. The summed E-state index contributed by atoms with van der Waals surface area (Å²) < 4.78 is 1.80. The fraction of sp³-hybridized carbons (Fsp3) is 0.250. The van der Waals surface area contributed by atoms with Gasteiger partial charge in [-0.15, -0.1) is 0 Å². The normalized spacial score (nSPS) is 16.6. The molecule has 5 heteroatoms. The highest BCUT2D eigenvalue weighted by atomic mass is 16.2. The minimum Gasteiger partial charge on any atom is -0.311 e. The molecule has 4 rings (SSSR count). The van der Waals surface area contributed by atoms with Gasteiger partial charge in [-0.2, -0.15) is 4.98 Å². The molecule has 25 heavy (non-hydrogen) atoms. The topological polar surface area (TPSA) is 63.5 Å². The SMILES string of the molecule is CCc1ccc([C@H]2CC(=O)Nc3c2c(=O)nc2c(C)cccn32)cc1. The summed E-state index contributed by atoms with van der Waals surface area (Å²) in [6.45, 7) is 4.00. The Morgan fingerprint density at radius 1 is 1.20 bits per heavy atom. The van der Waals surface area contributed by atoms with Crippen molar-refractivity contribution in [3.8, 4) is 0 Å². The zero-order chi connectivity index (χ0) is 17.6. The van der Waals surface area contributed by atoms with Crippen LogP contribution in [0.4, 0.5) is 5.82 Å². The molecule has 0 unspecified atom stereocenters. The Morgan fingerprint density at radius 3 is 2.68 bits per heavy atom. The maximum absolute atomic E-state index is 12.8. The highest BCUT2D eigenvalue weighted by Crippen LogP contribution is 2.35. The molecule has 3 aromatic rings. The predicted molar refractivity (Wildman–Crippen MR) is 97.1 cm³/mol. The molecule has 5 nitrogen and oxygen atoms in total. The van der Waals surface area contributed by atoms with E-state index in [1.807, 2.05) is 37.4 Å². The molecule has 126 valence electrons. The highest BCUT2D eigenvalue weighted by Gasteiger charge is 2.31. The summed E-state index contributed by atoms with van der Waals surface area (Å²) in [5.74, 6) is 0.185. The van der Waals surface area contributed by atoms with Gasteiger partial charge in [-0.25, -0.2) is 0 Å². The monoisotopic (exact) mass is 333 g/mol. The van der Waals surface area contributed by atoms with Crippen molar-refractivity contribution >= 4 is 17.4 Å². The van der Waals surface area contributed by atoms with Gasteiger partial charge in [0, 0.05) is 18.5 Å². The number of carbonyl (C=O) groups excluding carboxylic acids is 1. The number of fused-ring (bicyclic) bond motifs is 3. The van der Waals surface area contributed by atoms with Crippen molar-refractivity contribution in [1.29, 1.82) is 0 Å². The minimum atomic E-state index is -0.271. The number of anilines is 1. The molecule has 2 aromatic heterocycles. The Kier molecular flexibility index (Phi) is 3.64. The van der Waals surface area contributed by atoms with Gasteiger partial charge in [0.15, 0.2) is 0 Å². The first-order valence-corrected chi connectivity index (χ1v) is 8.49. The lowest BCUT2D eigenvalue weighted by Crippen LogP contribution is -2.32. The summed E-state index contributed by atoms with van der Waals surface area (Å²) in [6, 6.07) is 11.9. The minimum absolute atomic E-state index is 0.0852. The van der Waals surface area contributed by atoms with E-state index in [2.05, 4.69) is 29.4 Å². The molecule has 1 amide bonds. The molecule has 0 spiro atoms. The third-order valence-corrected chi connectivity index (χ3v) is 4.88. The molecule has 1 N–H and O–H groups in total. The summed E-state index contributed by atoms with van der Waals surface area (Å²) in [6.07, 6.45) is 3.04. The summed E-state index contributed by atoms with van der Waals surface area (Å²) in [5, 5.41) is 2.88. The van der Waals surface area contributed by atoms with Gasteiger partial charge >= 0.3 is 0 Å². The average molecular weight is 333 g/mol. The largest absolute Gasteiger partial charge is 0.311 e. The fourth-order valence-electron chi connectivity index (χ4n) is 3.50. The molecule has 0 fully saturated rings. The van der Waals surface area contributed by atoms with Crippen molar-refractivity contribution in [3.05, 3.63) is 75.2 Å². The smallest absolute Gasteiger partial charge is 0.279 e. The van der Waals surface area contributed by atoms with E-state index in [0.717, 1.165) is 17.5 Å². The second-order valence-electron chi connectivity index (χ2n) is 6.46. The van der Waals surface area contributed by atoms with Gasteiger partial charge in [0.2, 0.25) is 5.91 Å². The molecule has 0 aliphatic carbocycles. The summed E-state index contributed by atoms with van der Waals surface area (Å²) in [7, 11) is 0. The van der Waals surface area contributed by atoms with Gasteiger partial charge in [-0.1, -0.05) is 37.3 Å². The maximum Gasteiger partial charge on any atom is 0.279 e. The Bertz CT molecular complexity index is 1040. The molecular weight excluding hydrogens is 314 g/mol. The van der Waals surface area contributed by atoms with Crippen LogP contribution in [0.25, 0.3) is 5.65 Å². The Labute approximate surface area is 145 Å².